The van der Waals surface area contributed by atoms with E-state index < -0.39 is 0 Å². The Morgan fingerprint density at radius 1 is 1.24 bits per heavy atom. The van der Waals surface area contributed by atoms with Gasteiger partial charge in [0.05, 0.1) is 0 Å². The van der Waals surface area contributed by atoms with Crippen molar-refractivity contribution in [3.8, 4) is 0 Å². The van der Waals surface area contributed by atoms with Crippen molar-refractivity contribution in [3.63, 3.8) is 0 Å². The second-order valence-corrected chi connectivity index (χ2v) is 4.83. The van der Waals surface area contributed by atoms with Gasteiger partial charge in [-0.05, 0) is 69.9 Å². The first kappa shape index (κ1) is 14.5. The third-order valence-electron chi connectivity index (χ3n) is 3.24. The molecule has 17 heavy (non-hydrogen) atoms. The molecule has 2 heteroatoms. The van der Waals surface area contributed by atoms with Crippen molar-refractivity contribution in [1.82, 2.24) is 10.2 Å². The van der Waals surface area contributed by atoms with E-state index in [9.17, 15) is 0 Å². The van der Waals surface area contributed by atoms with E-state index >= 15 is 0 Å². The molecule has 1 fully saturated rings. The van der Waals surface area contributed by atoms with Crippen molar-refractivity contribution < 1.29 is 0 Å². The van der Waals surface area contributed by atoms with Gasteiger partial charge in [0.1, 0.15) is 0 Å². The fraction of sp³-hybridized carbons (Fsp3) is 0.800. The minimum absolute atomic E-state index is 1.08. The number of likely N-dealkylation sites (tertiary alicyclic amines) is 1. The van der Waals surface area contributed by atoms with Crippen molar-refractivity contribution in [3.05, 3.63) is 17.4 Å². The van der Waals surface area contributed by atoms with Crippen molar-refractivity contribution in [1.29, 1.82) is 0 Å². The highest BCUT2D eigenvalue weighted by molar-refractivity contribution is 5.04. The molecule has 0 unspecified atom stereocenters. The molecule has 0 aromatic heterocycles. The van der Waals surface area contributed by atoms with Crippen molar-refractivity contribution in [2.45, 2.75) is 46.0 Å². The molecule has 0 aromatic carbocycles. The zero-order valence-electron chi connectivity index (χ0n) is 11.6. The first-order valence-corrected chi connectivity index (χ1v) is 7.22. The molecule has 0 aromatic rings. The molecule has 0 radical (unpaired) electrons. The number of hydrogen-bond donors (Lipinski definition) is 1. The quantitative estimate of drug-likeness (QED) is 0.515. The molecule has 0 bridgehead atoms. The molecule has 1 heterocycles. The summed E-state index contributed by atoms with van der Waals surface area (Å²) in [5.74, 6) is 0. The molecule has 1 rings (SSSR count). The number of nitrogens with zero attached hydrogens (tertiary/aromatic N) is 1. The summed E-state index contributed by atoms with van der Waals surface area (Å²) < 4.78 is 0. The van der Waals surface area contributed by atoms with Crippen LogP contribution in [0.1, 0.15) is 46.0 Å². The molecule has 1 aliphatic heterocycles. The Bertz CT molecular complexity index is 246. The molecule has 0 amide bonds. The van der Waals surface area contributed by atoms with Crippen LogP contribution < -0.4 is 5.32 Å². The average Bonchev–Trinajstić information content (AvgIpc) is 2.85. The SMILES string of the molecule is CCCNCCC=C=C(CC)CN1CCCC1. The second-order valence-electron chi connectivity index (χ2n) is 4.83. The van der Waals surface area contributed by atoms with Gasteiger partial charge in [0.25, 0.3) is 0 Å². The Labute approximate surface area is 107 Å². The summed E-state index contributed by atoms with van der Waals surface area (Å²) in [6.07, 6.45) is 8.41. The lowest BCUT2D eigenvalue weighted by Gasteiger charge is -2.14. The Balaban J connectivity index is 2.24. The Hall–Kier alpha value is -0.560. The van der Waals surface area contributed by atoms with E-state index in [1.165, 1.54) is 37.9 Å². The molecule has 1 saturated heterocycles. The number of hydrogen-bond acceptors (Lipinski definition) is 2. The highest BCUT2D eigenvalue weighted by Crippen LogP contribution is 2.11. The maximum absolute atomic E-state index is 3.48. The summed E-state index contributed by atoms with van der Waals surface area (Å²) in [5.41, 5.74) is 4.94. The highest BCUT2D eigenvalue weighted by Gasteiger charge is 2.11. The smallest absolute Gasteiger partial charge is 0.0268 e. The third kappa shape index (κ3) is 6.68. The van der Waals surface area contributed by atoms with Crippen LogP contribution in [0.5, 0.6) is 0 Å². The standard InChI is InChI=1S/C15H28N2/c1-3-10-16-11-6-5-9-15(4-2)14-17-12-7-8-13-17/h5,16H,3-4,6-8,10-14H2,1-2H3. The van der Waals surface area contributed by atoms with E-state index in [-0.39, 0.29) is 0 Å². The van der Waals surface area contributed by atoms with E-state index in [2.05, 4.69) is 35.9 Å². The molecule has 98 valence electrons. The first-order valence-electron chi connectivity index (χ1n) is 7.22. The van der Waals surface area contributed by atoms with Crippen LogP contribution in [-0.4, -0.2) is 37.6 Å². The summed E-state index contributed by atoms with van der Waals surface area (Å²) in [7, 11) is 0. The predicted molar refractivity (Wildman–Crippen MR) is 75.3 cm³/mol. The van der Waals surface area contributed by atoms with Gasteiger partial charge in [-0.3, -0.25) is 4.90 Å². The molecule has 0 aliphatic carbocycles. The van der Waals surface area contributed by atoms with Crippen LogP contribution in [-0.2, 0) is 0 Å². The van der Waals surface area contributed by atoms with Gasteiger partial charge in [-0.2, -0.15) is 0 Å². The molecular formula is C15H28N2. The minimum atomic E-state index is 1.08. The van der Waals surface area contributed by atoms with Gasteiger partial charge in [0.15, 0.2) is 0 Å². The lowest BCUT2D eigenvalue weighted by molar-refractivity contribution is 0.366. The second kappa shape index (κ2) is 9.47. The molecule has 1 aliphatic rings. The van der Waals surface area contributed by atoms with Crippen LogP contribution >= 0.6 is 0 Å². The van der Waals surface area contributed by atoms with Crippen LogP contribution in [0, 0.1) is 0 Å². The van der Waals surface area contributed by atoms with Crippen LogP contribution in [0.25, 0.3) is 0 Å². The van der Waals surface area contributed by atoms with Gasteiger partial charge in [0, 0.05) is 6.54 Å². The monoisotopic (exact) mass is 236 g/mol. The van der Waals surface area contributed by atoms with E-state index in [1.54, 1.807) is 0 Å². The fourth-order valence-corrected chi connectivity index (χ4v) is 2.16. The molecule has 0 spiro atoms. The highest BCUT2D eigenvalue weighted by atomic mass is 15.1. The van der Waals surface area contributed by atoms with E-state index in [1.807, 2.05) is 0 Å². The topological polar surface area (TPSA) is 15.3 Å². The maximum atomic E-state index is 3.48. The molecule has 0 atom stereocenters. The largest absolute Gasteiger partial charge is 0.316 e. The summed E-state index contributed by atoms with van der Waals surface area (Å²) in [6.45, 7) is 10.4. The van der Waals surface area contributed by atoms with Gasteiger partial charge in [0.2, 0.25) is 0 Å². The van der Waals surface area contributed by atoms with Gasteiger partial charge >= 0.3 is 0 Å². The van der Waals surface area contributed by atoms with Gasteiger partial charge in [-0.1, -0.05) is 13.8 Å². The van der Waals surface area contributed by atoms with E-state index in [4.69, 9.17) is 0 Å². The zero-order valence-corrected chi connectivity index (χ0v) is 11.6. The third-order valence-corrected chi connectivity index (χ3v) is 3.24. The average molecular weight is 236 g/mol. The normalized spacial score (nSPS) is 15.9. The van der Waals surface area contributed by atoms with Crippen LogP contribution in [0.3, 0.4) is 0 Å². The lowest BCUT2D eigenvalue weighted by atomic mass is 10.2. The fourth-order valence-electron chi connectivity index (χ4n) is 2.16. The van der Waals surface area contributed by atoms with Crippen LogP contribution in [0.4, 0.5) is 0 Å². The molecule has 2 nitrogen and oxygen atoms in total. The number of nitrogens with one attached hydrogen (secondary N) is 1. The van der Waals surface area contributed by atoms with Crippen LogP contribution in [0.15, 0.2) is 17.4 Å². The summed E-state index contributed by atoms with van der Waals surface area (Å²) in [5, 5.41) is 3.41. The predicted octanol–water partition coefficient (Wildman–Crippen LogP) is 2.96. The van der Waals surface area contributed by atoms with Gasteiger partial charge < -0.3 is 5.32 Å². The summed E-state index contributed by atoms with van der Waals surface area (Å²) >= 11 is 0. The minimum Gasteiger partial charge on any atom is -0.316 e. The van der Waals surface area contributed by atoms with Crippen molar-refractivity contribution in [2.24, 2.45) is 0 Å². The Kier molecular flexibility index (Phi) is 8.08. The van der Waals surface area contributed by atoms with Crippen LogP contribution in [0.2, 0.25) is 0 Å². The van der Waals surface area contributed by atoms with E-state index in [0.717, 1.165) is 32.5 Å². The summed E-state index contributed by atoms with van der Waals surface area (Å²) in [6, 6.07) is 0. The molecule has 0 saturated carbocycles. The Morgan fingerprint density at radius 2 is 2.00 bits per heavy atom. The molecule has 1 N–H and O–H groups in total. The first-order chi connectivity index (χ1) is 8.36. The number of rotatable bonds is 8. The van der Waals surface area contributed by atoms with E-state index in [0.29, 0.717) is 0 Å². The zero-order chi connectivity index (χ0) is 12.3. The lowest BCUT2D eigenvalue weighted by Crippen LogP contribution is -2.21. The molecular weight excluding hydrogens is 208 g/mol. The van der Waals surface area contributed by atoms with Crippen molar-refractivity contribution >= 4 is 0 Å². The van der Waals surface area contributed by atoms with Crippen molar-refractivity contribution in [2.75, 3.05) is 32.7 Å². The van der Waals surface area contributed by atoms with Gasteiger partial charge in [-0.15, -0.1) is 5.73 Å². The Morgan fingerprint density at radius 3 is 2.65 bits per heavy atom. The maximum Gasteiger partial charge on any atom is 0.0268 e. The van der Waals surface area contributed by atoms with Gasteiger partial charge in [-0.25, -0.2) is 0 Å². The summed E-state index contributed by atoms with van der Waals surface area (Å²) in [4.78, 5) is 2.55.